The number of nitrogens with zero attached hydrogens (tertiary/aromatic N) is 2. The Morgan fingerprint density at radius 3 is 2.76 bits per heavy atom. The van der Waals surface area contributed by atoms with Gasteiger partial charge in [0.25, 0.3) is 0 Å². The number of phenolic OH excluding ortho intramolecular Hbond substituents is 1. The number of carbonyl (C=O) groups is 1. The van der Waals surface area contributed by atoms with Crippen molar-refractivity contribution in [1.82, 2.24) is 14.9 Å². The standard InChI is InChI=1S/C12H12N4O4S/c17-7-9-6-16(21(19,20)15-9)11-2-1-8(5-12(11)18)10-3-4-13-14-10/h1-5,7,9,15,18H,6H2,(H,13,14). The predicted molar refractivity (Wildman–Crippen MR) is 74.9 cm³/mol. The smallest absolute Gasteiger partial charge is 0.302 e. The Hall–Kier alpha value is -2.39. The van der Waals surface area contributed by atoms with Crippen LogP contribution in [-0.4, -0.2) is 42.6 Å². The molecule has 110 valence electrons. The van der Waals surface area contributed by atoms with Crippen LogP contribution in [0.5, 0.6) is 5.75 Å². The van der Waals surface area contributed by atoms with Crippen molar-refractivity contribution in [2.45, 2.75) is 6.04 Å². The molecule has 3 rings (SSSR count). The third kappa shape index (κ3) is 2.36. The van der Waals surface area contributed by atoms with Crippen LogP contribution in [0.15, 0.2) is 30.5 Å². The van der Waals surface area contributed by atoms with Gasteiger partial charge in [-0.3, -0.25) is 9.40 Å². The zero-order valence-electron chi connectivity index (χ0n) is 10.7. The van der Waals surface area contributed by atoms with Crippen molar-refractivity contribution >= 4 is 22.2 Å². The van der Waals surface area contributed by atoms with E-state index in [2.05, 4.69) is 14.9 Å². The average Bonchev–Trinajstić information content (AvgIpc) is 3.06. The number of nitrogens with one attached hydrogen (secondary N) is 2. The van der Waals surface area contributed by atoms with Crippen molar-refractivity contribution in [3.63, 3.8) is 0 Å². The SMILES string of the molecule is O=CC1CN(c2ccc(-c3cc[nH]n3)cc2O)S(=O)(=O)N1. The number of aromatic nitrogens is 2. The van der Waals surface area contributed by atoms with Crippen molar-refractivity contribution in [2.24, 2.45) is 0 Å². The van der Waals surface area contributed by atoms with E-state index in [1.54, 1.807) is 18.3 Å². The Balaban J connectivity index is 1.99. The minimum absolute atomic E-state index is 0.0544. The van der Waals surface area contributed by atoms with Gasteiger partial charge in [0.05, 0.1) is 24.0 Å². The zero-order chi connectivity index (χ0) is 15.0. The maximum atomic E-state index is 11.9. The van der Waals surface area contributed by atoms with E-state index in [-0.39, 0.29) is 18.0 Å². The van der Waals surface area contributed by atoms with E-state index < -0.39 is 16.3 Å². The lowest BCUT2D eigenvalue weighted by molar-refractivity contribution is -0.108. The molecule has 0 bridgehead atoms. The van der Waals surface area contributed by atoms with E-state index in [1.165, 1.54) is 12.1 Å². The van der Waals surface area contributed by atoms with Gasteiger partial charge < -0.3 is 9.90 Å². The molecule has 21 heavy (non-hydrogen) atoms. The molecule has 2 heterocycles. The van der Waals surface area contributed by atoms with Crippen molar-refractivity contribution in [1.29, 1.82) is 0 Å². The summed E-state index contributed by atoms with van der Waals surface area (Å²) >= 11 is 0. The fourth-order valence-electron chi connectivity index (χ4n) is 2.18. The topological polar surface area (TPSA) is 115 Å². The van der Waals surface area contributed by atoms with Gasteiger partial charge in [-0.05, 0) is 18.2 Å². The van der Waals surface area contributed by atoms with Crippen LogP contribution in [0.25, 0.3) is 11.3 Å². The molecule has 0 radical (unpaired) electrons. The molecule has 2 aromatic rings. The van der Waals surface area contributed by atoms with Crippen LogP contribution in [0.1, 0.15) is 0 Å². The van der Waals surface area contributed by atoms with Gasteiger partial charge >= 0.3 is 10.2 Å². The second-order valence-corrected chi connectivity index (χ2v) is 6.19. The van der Waals surface area contributed by atoms with Crippen molar-refractivity contribution in [2.75, 3.05) is 10.8 Å². The number of H-pyrrole nitrogens is 1. The maximum Gasteiger partial charge on any atom is 0.302 e. The van der Waals surface area contributed by atoms with Gasteiger partial charge in [-0.1, -0.05) is 6.07 Å². The Morgan fingerprint density at radius 2 is 2.19 bits per heavy atom. The van der Waals surface area contributed by atoms with Crippen LogP contribution in [-0.2, 0) is 15.0 Å². The molecule has 0 aliphatic carbocycles. The Morgan fingerprint density at radius 1 is 1.38 bits per heavy atom. The van der Waals surface area contributed by atoms with Crippen LogP contribution in [0.3, 0.4) is 0 Å². The van der Waals surface area contributed by atoms with Gasteiger partial charge in [0.15, 0.2) is 0 Å². The van der Waals surface area contributed by atoms with E-state index in [0.717, 1.165) is 4.31 Å². The molecule has 3 N–H and O–H groups in total. The number of hydrogen-bond acceptors (Lipinski definition) is 5. The summed E-state index contributed by atoms with van der Waals surface area (Å²) in [5.41, 5.74) is 1.39. The molecule has 0 amide bonds. The molecule has 1 unspecified atom stereocenters. The highest BCUT2D eigenvalue weighted by Crippen LogP contribution is 2.34. The lowest BCUT2D eigenvalue weighted by atomic mass is 10.1. The molecule has 1 fully saturated rings. The highest BCUT2D eigenvalue weighted by atomic mass is 32.2. The minimum atomic E-state index is -3.82. The summed E-state index contributed by atoms with van der Waals surface area (Å²) in [6, 6.07) is 5.46. The van der Waals surface area contributed by atoms with Crippen LogP contribution in [0.4, 0.5) is 5.69 Å². The number of benzene rings is 1. The lowest BCUT2D eigenvalue weighted by Gasteiger charge is -2.17. The first-order chi connectivity index (χ1) is 10.0. The summed E-state index contributed by atoms with van der Waals surface area (Å²) in [5, 5.41) is 16.7. The van der Waals surface area contributed by atoms with Gasteiger partial charge in [-0.15, -0.1) is 0 Å². The van der Waals surface area contributed by atoms with Gasteiger partial charge in [0, 0.05) is 11.8 Å². The molecule has 9 heteroatoms. The van der Waals surface area contributed by atoms with E-state index in [4.69, 9.17) is 0 Å². The molecule has 1 aliphatic rings. The summed E-state index contributed by atoms with van der Waals surface area (Å²) in [7, 11) is -3.82. The zero-order valence-corrected chi connectivity index (χ0v) is 11.5. The fourth-order valence-corrected chi connectivity index (χ4v) is 3.59. The summed E-state index contributed by atoms with van der Waals surface area (Å²) < 4.78 is 27.0. The van der Waals surface area contributed by atoms with Gasteiger partial charge in [0.1, 0.15) is 12.0 Å². The maximum absolute atomic E-state index is 11.9. The van der Waals surface area contributed by atoms with Crippen LogP contribution < -0.4 is 9.03 Å². The lowest BCUT2D eigenvalue weighted by Crippen LogP contribution is -2.30. The molecule has 1 saturated heterocycles. The number of rotatable bonds is 3. The summed E-state index contributed by atoms with van der Waals surface area (Å²) in [5.74, 6) is -0.201. The monoisotopic (exact) mass is 308 g/mol. The summed E-state index contributed by atoms with van der Waals surface area (Å²) in [4.78, 5) is 10.7. The highest BCUT2D eigenvalue weighted by Gasteiger charge is 2.36. The second-order valence-electron chi connectivity index (χ2n) is 4.56. The molecule has 1 atom stereocenters. The third-order valence-corrected chi connectivity index (χ3v) is 4.68. The molecule has 1 aromatic heterocycles. The normalized spacial score (nSPS) is 20.6. The number of aromatic amines is 1. The number of phenols is 1. The second kappa shape index (κ2) is 4.86. The van der Waals surface area contributed by atoms with E-state index in [9.17, 15) is 18.3 Å². The van der Waals surface area contributed by atoms with Gasteiger partial charge in [-0.2, -0.15) is 18.2 Å². The van der Waals surface area contributed by atoms with E-state index >= 15 is 0 Å². The highest BCUT2D eigenvalue weighted by molar-refractivity contribution is 7.91. The Labute approximate surface area is 120 Å². The number of anilines is 1. The predicted octanol–water partition coefficient (Wildman–Crippen LogP) is 0.00420. The largest absolute Gasteiger partial charge is 0.506 e. The Kier molecular flexibility index (Phi) is 3.15. The van der Waals surface area contributed by atoms with E-state index in [0.29, 0.717) is 17.5 Å². The van der Waals surface area contributed by atoms with Gasteiger partial charge in [-0.25, -0.2) is 0 Å². The van der Waals surface area contributed by atoms with Crippen molar-refractivity contribution < 1.29 is 18.3 Å². The first-order valence-corrected chi connectivity index (χ1v) is 7.54. The van der Waals surface area contributed by atoms with Crippen LogP contribution in [0, 0.1) is 0 Å². The summed E-state index contributed by atoms with van der Waals surface area (Å²) in [6.45, 7) is -0.0544. The molecule has 8 nitrogen and oxygen atoms in total. The molecule has 0 spiro atoms. The minimum Gasteiger partial charge on any atom is -0.506 e. The summed E-state index contributed by atoms with van der Waals surface area (Å²) in [6.07, 6.45) is 2.16. The van der Waals surface area contributed by atoms with Crippen LogP contribution >= 0.6 is 0 Å². The van der Waals surface area contributed by atoms with E-state index in [1.807, 2.05) is 0 Å². The number of hydrogen-bond donors (Lipinski definition) is 3. The molecular weight excluding hydrogens is 296 g/mol. The molecule has 0 saturated carbocycles. The third-order valence-electron chi connectivity index (χ3n) is 3.16. The van der Waals surface area contributed by atoms with Crippen molar-refractivity contribution in [3.05, 3.63) is 30.5 Å². The number of aromatic hydroxyl groups is 1. The van der Waals surface area contributed by atoms with Crippen molar-refractivity contribution in [3.8, 4) is 17.0 Å². The Bertz CT molecular complexity index is 773. The first-order valence-electron chi connectivity index (χ1n) is 6.10. The quantitative estimate of drug-likeness (QED) is 0.691. The van der Waals surface area contributed by atoms with Gasteiger partial charge in [0.2, 0.25) is 0 Å². The average molecular weight is 308 g/mol. The first kappa shape index (κ1) is 13.6. The van der Waals surface area contributed by atoms with Crippen LogP contribution in [0.2, 0.25) is 0 Å². The molecular formula is C12H12N4O4S. The molecule has 1 aromatic carbocycles. The molecule has 1 aliphatic heterocycles. The number of aldehydes is 1. The fraction of sp³-hybridized carbons (Fsp3) is 0.167. The number of carbonyl (C=O) groups excluding carboxylic acids is 1.